The highest BCUT2D eigenvalue weighted by Crippen LogP contribution is 2.47. The van der Waals surface area contributed by atoms with E-state index in [4.69, 9.17) is 23.3 Å². The van der Waals surface area contributed by atoms with Crippen molar-refractivity contribution in [1.29, 1.82) is 0 Å². The van der Waals surface area contributed by atoms with E-state index in [2.05, 4.69) is 50.3 Å². The Balaban J connectivity index is 1.72. The molecule has 0 aromatic heterocycles. The summed E-state index contributed by atoms with van der Waals surface area (Å²) in [4.78, 5) is 35.8. The van der Waals surface area contributed by atoms with E-state index in [1.807, 2.05) is 12.2 Å². The fraction of sp³-hybridized carbons (Fsp3) is 0.796. The fourth-order valence-electron chi connectivity index (χ4n) is 7.43. The molecule has 64 heavy (non-hydrogen) atoms. The van der Waals surface area contributed by atoms with Crippen molar-refractivity contribution in [3.05, 3.63) is 48.6 Å². The quantitative estimate of drug-likeness (QED) is 0.0111. The normalized spacial score (nSPS) is 25.1. The second-order valence-electron chi connectivity index (χ2n) is 17.3. The van der Waals surface area contributed by atoms with Gasteiger partial charge in [0.1, 0.15) is 43.2 Å². The molecular weight excluding hydrogens is 843 g/mol. The Kier molecular flexibility index (Phi) is 32.5. The number of aliphatic hydroxyl groups excluding tert-OH is 5. The number of esters is 2. The predicted molar refractivity (Wildman–Crippen MR) is 248 cm³/mol. The van der Waals surface area contributed by atoms with Crippen LogP contribution >= 0.6 is 7.82 Å². The molecule has 2 fully saturated rings. The highest BCUT2D eigenvalue weighted by atomic mass is 31.2. The Morgan fingerprint density at radius 2 is 0.984 bits per heavy atom. The third-order valence-corrected chi connectivity index (χ3v) is 12.5. The van der Waals surface area contributed by atoms with Crippen LogP contribution in [0.5, 0.6) is 0 Å². The summed E-state index contributed by atoms with van der Waals surface area (Å²) in [5, 5.41) is 50.2. The number of ether oxygens (including phenoxy) is 3. The van der Waals surface area contributed by atoms with Crippen molar-refractivity contribution in [2.24, 2.45) is 0 Å². The van der Waals surface area contributed by atoms with Gasteiger partial charge in [-0.15, -0.1) is 0 Å². The zero-order valence-electron chi connectivity index (χ0n) is 39.0. The largest absolute Gasteiger partial charge is 0.472 e. The van der Waals surface area contributed by atoms with Gasteiger partial charge in [0.15, 0.2) is 6.10 Å². The Morgan fingerprint density at radius 1 is 0.547 bits per heavy atom. The first kappa shape index (κ1) is 57.9. The van der Waals surface area contributed by atoms with Gasteiger partial charge < -0.3 is 44.6 Å². The minimum Gasteiger partial charge on any atom is -0.462 e. The topological polar surface area (TPSA) is 222 Å². The lowest BCUT2D eigenvalue weighted by Crippen LogP contribution is -2.64. The van der Waals surface area contributed by atoms with Crippen LogP contribution in [-0.4, -0.2) is 111 Å². The Morgan fingerprint density at radius 3 is 1.59 bits per heavy atom. The molecule has 0 spiro atoms. The van der Waals surface area contributed by atoms with Gasteiger partial charge in [-0.25, -0.2) is 4.57 Å². The monoisotopic (exact) mass is 929 g/mol. The maximum atomic E-state index is 12.8. The molecule has 6 N–H and O–H groups in total. The van der Waals surface area contributed by atoms with Gasteiger partial charge in [-0.05, 0) is 77.0 Å². The van der Waals surface area contributed by atoms with Crippen molar-refractivity contribution in [3.8, 4) is 0 Å². The summed E-state index contributed by atoms with van der Waals surface area (Å²) in [6.07, 6.45) is 30.4. The summed E-state index contributed by atoms with van der Waals surface area (Å²) in [5.74, 6) is -1.18. The summed E-state index contributed by atoms with van der Waals surface area (Å²) in [7, 11) is -5.14. The number of phosphoric ester groups is 1. The lowest BCUT2D eigenvalue weighted by atomic mass is 9.85. The van der Waals surface area contributed by atoms with E-state index in [9.17, 15) is 44.6 Å². The minimum absolute atomic E-state index is 0.0756. The van der Waals surface area contributed by atoms with E-state index in [-0.39, 0.29) is 25.0 Å². The third-order valence-electron chi connectivity index (χ3n) is 11.5. The Hall–Kier alpha value is -2.23. The van der Waals surface area contributed by atoms with Crippen molar-refractivity contribution in [1.82, 2.24) is 0 Å². The van der Waals surface area contributed by atoms with Crippen molar-refractivity contribution in [2.45, 2.75) is 236 Å². The SMILES string of the molecule is CCCCC/C=C\C/C=C\CC1OC1C/C=C\CCCC(=O)OC[C@H](COP(=O)(O)OC1[C@H](O)[C@H](O)C(O)[C@H](O)[C@H]1O)OC(=O)CCCCCCCCC/C=C\CCCCCCCC. The van der Waals surface area contributed by atoms with Gasteiger partial charge in [0.25, 0.3) is 0 Å². The van der Waals surface area contributed by atoms with Gasteiger partial charge in [-0.1, -0.05) is 140 Å². The van der Waals surface area contributed by atoms with E-state index in [0.717, 1.165) is 77.0 Å². The molecule has 0 bridgehead atoms. The first-order valence-corrected chi connectivity index (χ1v) is 26.1. The number of carbonyl (C=O) groups is 2. The average molecular weight is 929 g/mol. The average Bonchev–Trinajstić information content (AvgIpc) is 4.04. The molecule has 0 aromatic carbocycles. The van der Waals surface area contributed by atoms with Crippen molar-refractivity contribution in [3.63, 3.8) is 0 Å². The second kappa shape index (κ2) is 35.9. The van der Waals surface area contributed by atoms with Crippen LogP contribution < -0.4 is 0 Å². The van der Waals surface area contributed by atoms with Crippen molar-refractivity contribution >= 4 is 19.8 Å². The molecule has 2 aliphatic rings. The molecule has 0 radical (unpaired) electrons. The molecule has 1 aliphatic heterocycles. The maximum Gasteiger partial charge on any atom is 0.472 e. The molecule has 370 valence electrons. The van der Waals surface area contributed by atoms with Crippen molar-refractivity contribution in [2.75, 3.05) is 13.2 Å². The number of rotatable bonds is 39. The van der Waals surface area contributed by atoms with E-state index < -0.39 is 75.7 Å². The van der Waals surface area contributed by atoms with E-state index in [1.165, 1.54) is 57.8 Å². The van der Waals surface area contributed by atoms with Crippen LogP contribution in [0.2, 0.25) is 0 Å². The van der Waals surface area contributed by atoms with Crippen LogP contribution in [0.25, 0.3) is 0 Å². The first-order chi connectivity index (χ1) is 30.9. The Labute approximate surface area is 384 Å². The molecule has 1 saturated carbocycles. The number of allylic oxidation sites excluding steroid dienone is 6. The molecule has 10 atom stereocenters. The van der Waals surface area contributed by atoms with Gasteiger partial charge in [0.2, 0.25) is 0 Å². The van der Waals surface area contributed by atoms with Gasteiger partial charge in [-0.2, -0.15) is 0 Å². The van der Waals surface area contributed by atoms with E-state index >= 15 is 0 Å². The molecule has 0 aromatic rings. The first-order valence-electron chi connectivity index (χ1n) is 24.6. The molecule has 1 heterocycles. The van der Waals surface area contributed by atoms with Crippen molar-refractivity contribution < 1.29 is 67.8 Å². The van der Waals surface area contributed by atoms with Crippen LogP contribution in [0.3, 0.4) is 0 Å². The Bertz CT molecular complexity index is 1370. The number of hydrogen-bond donors (Lipinski definition) is 6. The van der Waals surface area contributed by atoms with Crippen LogP contribution in [0.4, 0.5) is 0 Å². The van der Waals surface area contributed by atoms with E-state index in [1.54, 1.807) is 0 Å². The standard InChI is InChI=1S/C49H85O14P/c1-3-5-7-9-11-13-14-15-16-17-18-19-20-22-24-26-32-36-43(51)61-39(38-60-64(57,58)63-49-47(55)45(53)44(52)46(54)48(49)56)37-59-42(50)35-31-28-27-30-34-41-40(62-41)33-29-25-23-21-12-10-8-6-4-2/h12,15-16,21,25,27,29-30,39-41,44-49,52-56H,3-11,13-14,17-20,22-24,26,28,31-38H2,1-2H3,(H,57,58)/b16-15-,21-12-,29-25-,30-27-/t39-,40?,41?,44?,45-,46+,47-,48-,49?/m1/s1. The van der Waals surface area contributed by atoms with Crippen LogP contribution in [-0.2, 0) is 37.4 Å². The number of hydrogen-bond acceptors (Lipinski definition) is 13. The lowest BCUT2D eigenvalue weighted by Gasteiger charge is -2.41. The fourth-order valence-corrected chi connectivity index (χ4v) is 8.41. The maximum absolute atomic E-state index is 12.8. The van der Waals surface area contributed by atoms with Crippen LogP contribution in [0.15, 0.2) is 48.6 Å². The molecule has 2 rings (SSSR count). The number of aliphatic hydroxyl groups is 5. The molecule has 0 amide bonds. The number of phosphoric acid groups is 1. The highest BCUT2D eigenvalue weighted by molar-refractivity contribution is 7.47. The zero-order valence-corrected chi connectivity index (χ0v) is 39.9. The zero-order chi connectivity index (χ0) is 46.8. The van der Waals surface area contributed by atoms with Crippen LogP contribution in [0.1, 0.15) is 181 Å². The smallest absolute Gasteiger partial charge is 0.462 e. The molecule has 14 nitrogen and oxygen atoms in total. The molecule has 5 unspecified atom stereocenters. The molecular formula is C49H85O14P. The van der Waals surface area contributed by atoms with Gasteiger partial charge in [0.05, 0.1) is 18.8 Å². The molecule has 15 heteroatoms. The number of epoxide rings is 1. The molecule has 1 saturated heterocycles. The van der Waals surface area contributed by atoms with Gasteiger partial charge >= 0.3 is 19.8 Å². The summed E-state index contributed by atoms with van der Waals surface area (Å²) in [5.41, 5.74) is 0. The molecule has 1 aliphatic carbocycles. The van der Waals surface area contributed by atoms with E-state index in [0.29, 0.717) is 19.3 Å². The highest BCUT2D eigenvalue weighted by Gasteiger charge is 2.51. The third kappa shape index (κ3) is 27.4. The summed E-state index contributed by atoms with van der Waals surface area (Å²) in [6.45, 7) is 3.21. The summed E-state index contributed by atoms with van der Waals surface area (Å²) < 4.78 is 39.3. The number of carbonyl (C=O) groups excluding carboxylic acids is 2. The lowest BCUT2D eigenvalue weighted by molar-refractivity contribution is -0.220. The summed E-state index contributed by atoms with van der Waals surface area (Å²) >= 11 is 0. The second-order valence-corrected chi connectivity index (χ2v) is 18.8. The summed E-state index contributed by atoms with van der Waals surface area (Å²) in [6, 6.07) is 0. The van der Waals surface area contributed by atoms with Crippen LogP contribution in [0, 0.1) is 0 Å². The number of unbranched alkanes of at least 4 members (excludes halogenated alkanes) is 17. The minimum atomic E-state index is -5.14. The van der Waals surface area contributed by atoms with Gasteiger partial charge in [-0.3, -0.25) is 18.6 Å². The van der Waals surface area contributed by atoms with Gasteiger partial charge in [0, 0.05) is 12.8 Å². The predicted octanol–water partition coefficient (Wildman–Crippen LogP) is 8.94.